The lowest BCUT2D eigenvalue weighted by Crippen LogP contribution is -2.25. The van der Waals surface area contributed by atoms with Gasteiger partial charge in [0.15, 0.2) is 6.61 Å². The number of hydrogen-bond donors (Lipinski definition) is 2. The Bertz CT molecular complexity index is 1170. The monoisotopic (exact) mass is 465 g/mol. The highest BCUT2D eigenvalue weighted by Gasteiger charge is 2.24. The molecular weight excluding hydrogens is 442 g/mol. The van der Waals surface area contributed by atoms with Crippen LogP contribution in [-0.2, 0) is 15.3 Å². The third kappa shape index (κ3) is 6.45. The van der Waals surface area contributed by atoms with Gasteiger partial charge in [-0.15, -0.1) is 11.8 Å². The van der Waals surface area contributed by atoms with Crippen molar-refractivity contribution in [2.45, 2.75) is 36.5 Å². The molecule has 1 fully saturated rings. The molecule has 1 heterocycles. The maximum absolute atomic E-state index is 12.6. The molecule has 0 unspecified atom stereocenters. The predicted octanol–water partition coefficient (Wildman–Crippen LogP) is 3.96. The van der Waals surface area contributed by atoms with E-state index in [1.807, 2.05) is 25.1 Å². The molecule has 2 N–H and O–H groups in total. The maximum Gasteiger partial charge on any atom is 0.339 e. The topological polar surface area (TPSA) is 111 Å². The van der Waals surface area contributed by atoms with Crippen molar-refractivity contribution in [2.75, 3.05) is 11.9 Å². The highest BCUT2D eigenvalue weighted by Crippen LogP contribution is 2.27. The van der Waals surface area contributed by atoms with E-state index in [1.54, 1.807) is 36.4 Å². The molecule has 33 heavy (non-hydrogen) atoms. The fraction of sp³-hybridized carbons (Fsp3) is 0.250. The van der Waals surface area contributed by atoms with Crippen LogP contribution < -0.4 is 10.6 Å². The van der Waals surface area contributed by atoms with Crippen LogP contribution in [0.1, 0.15) is 45.0 Å². The number of anilines is 1. The fourth-order valence-electron chi connectivity index (χ4n) is 3.03. The maximum atomic E-state index is 12.6. The van der Waals surface area contributed by atoms with E-state index in [-0.39, 0.29) is 11.9 Å². The lowest BCUT2D eigenvalue weighted by atomic mass is 10.2. The van der Waals surface area contributed by atoms with E-state index in [1.165, 1.54) is 11.8 Å². The van der Waals surface area contributed by atoms with Crippen LogP contribution in [0.3, 0.4) is 0 Å². The quantitative estimate of drug-likeness (QED) is 0.363. The van der Waals surface area contributed by atoms with Gasteiger partial charge in [-0.3, -0.25) is 9.59 Å². The van der Waals surface area contributed by atoms with E-state index < -0.39 is 18.5 Å². The van der Waals surface area contributed by atoms with Gasteiger partial charge < -0.3 is 19.9 Å². The Morgan fingerprint density at radius 2 is 1.94 bits per heavy atom. The molecule has 1 saturated carbocycles. The first-order valence-corrected chi connectivity index (χ1v) is 11.5. The normalized spacial score (nSPS) is 12.8. The van der Waals surface area contributed by atoms with E-state index >= 15 is 0 Å². The number of nitrogens with one attached hydrogen (secondary N) is 2. The third-order valence-electron chi connectivity index (χ3n) is 4.81. The van der Waals surface area contributed by atoms with Gasteiger partial charge in [-0.05, 0) is 50.1 Å². The number of hydrogen-bond acceptors (Lipinski definition) is 7. The first-order valence-electron chi connectivity index (χ1n) is 10.5. The molecule has 1 aromatic heterocycles. The molecule has 4 rings (SSSR count). The van der Waals surface area contributed by atoms with Crippen LogP contribution in [0.4, 0.5) is 5.69 Å². The van der Waals surface area contributed by atoms with Crippen molar-refractivity contribution in [2.24, 2.45) is 0 Å². The van der Waals surface area contributed by atoms with E-state index in [4.69, 9.17) is 9.26 Å². The van der Waals surface area contributed by atoms with Gasteiger partial charge >= 0.3 is 5.97 Å². The van der Waals surface area contributed by atoms with Crippen LogP contribution in [0.5, 0.6) is 0 Å². The van der Waals surface area contributed by atoms with Crippen LogP contribution in [0.2, 0.25) is 0 Å². The Labute approximate surface area is 195 Å². The Hall–Kier alpha value is -3.59. The second-order valence-electron chi connectivity index (χ2n) is 7.67. The summed E-state index contributed by atoms with van der Waals surface area (Å²) in [6.07, 6.45) is 1.99. The van der Waals surface area contributed by atoms with E-state index in [0.29, 0.717) is 33.2 Å². The number of esters is 1. The van der Waals surface area contributed by atoms with Gasteiger partial charge in [0.05, 0.1) is 17.0 Å². The summed E-state index contributed by atoms with van der Waals surface area (Å²) in [7, 11) is 0. The average molecular weight is 466 g/mol. The number of amides is 2. The smallest absolute Gasteiger partial charge is 0.339 e. The Morgan fingerprint density at radius 1 is 1.12 bits per heavy atom. The van der Waals surface area contributed by atoms with Gasteiger partial charge in [0.25, 0.3) is 11.8 Å². The molecule has 0 radical (unpaired) electrons. The van der Waals surface area contributed by atoms with Crippen LogP contribution in [-0.4, -0.2) is 35.6 Å². The zero-order valence-corrected chi connectivity index (χ0v) is 18.8. The van der Waals surface area contributed by atoms with Crippen molar-refractivity contribution in [3.63, 3.8) is 0 Å². The standard InChI is InChI=1S/C24H23N3O5S/c1-15-11-19(32-27-15)14-33-21-8-3-2-7-20(21)24(30)31-13-22(28)25-18-6-4-5-16(12-18)23(29)26-17-9-10-17/h2-8,11-12,17H,9-10,13-14H2,1H3,(H,25,28)(H,26,29). The van der Waals surface area contributed by atoms with E-state index in [2.05, 4.69) is 15.8 Å². The summed E-state index contributed by atoms with van der Waals surface area (Å²) >= 11 is 1.42. The zero-order chi connectivity index (χ0) is 23.2. The second kappa shape index (κ2) is 10.4. The number of benzene rings is 2. The molecule has 0 atom stereocenters. The third-order valence-corrected chi connectivity index (χ3v) is 5.90. The summed E-state index contributed by atoms with van der Waals surface area (Å²) in [6.45, 7) is 1.39. The van der Waals surface area contributed by atoms with Crippen molar-refractivity contribution in [3.8, 4) is 0 Å². The number of ether oxygens (including phenoxy) is 1. The minimum Gasteiger partial charge on any atom is -0.452 e. The molecule has 1 aliphatic carbocycles. The van der Waals surface area contributed by atoms with E-state index in [0.717, 1.165) is 18.5 Å². The molecule has 170 valence electrons. The van der Waals surface area contributed by atoms with E-state index in [9.17, 15) is 14.4 Å². The molecule has 1 aliphatic rings. The molecule has 3 aromatic rings. The lowest BCUT2D eigenvalue weighted by molar-refractivity contribution is -0.119. The lowest BCUT2D eigenvalue weighted by Gasteiger charge is -2.10. The number of aryl methyl sites for hydroxylation is 1. The van der Waals surface area contributed by atoms with Gasteiger partial charge in [0.2, 0.25) is 0 Å². The molecule has 0 saturated heterocycles. The predicted molar refractivity (Wildman–Crippen MR) is 123 cm³/mol. The zero-order valence-electron chi connectivity index (χ0n) is 18.0. The number of rotatable bonds is 9. The summed E-state index contributed by atoms with van der Waals surface area (Å²) in [4.78, 5) is 37.8. The van der Waals surface area contributed by atoms with Gasteiger partial charge in [-0.2, -0.15) is 0 Å². The van der Waals surface area contributed by atoms with Gasteiger partial charge in [-0.25, -0.2) is 4.79 Å². The van der Waals surface area contributed by atoms with Crippen LogP contribution in [0.15, 0.2) is 64.0 Å². The molecule has 0 aliphatic heterocycles. The molecule has 0 bridgehead atoms. The summed E-state index contributed by atoms with van der Waals surface area (Å²) in [6, 6.07) is 15.7. The highest BCUT2D eigenvalue weighted by molar-refractivity contribution is 7.98. The molecule has 0 spiro atoms. The van der Waals surface area contributed by atoms with Crippen molar-refractivity contribution in [1.29, 1.82) is 0 Å². The minimum absolute atomic E-state index is 0.172. The number of thioether (sulfide) groups is 1. The number of carbonyl (C=O) groups is 3. The Kier molecular flexibility index (Phi) is 7.09. The van der Waals surface area contributed by atoms with Crippen molar-refractivity contribution in [3.05, 3.63) is 77.2 Å². The Morgan fingerprint density at radius 3 is 2.70 bits per heavy atom. The molecule has 2 aromatic carbocycles. The SMILES string of the molecule is Cc1cc(CSc2ccccc2C(=O)OCC(=O)Nc2cccc(C(=O)NC3CC3)c2)on1. The average Bonchev–Trinajstić information content (AvgIpc) is 3.54. The van der Waals surface area contributed by atoms with Gasteiger partial charge in [-0.1, -0.05) is 23.4 Å². The number of carbonyl (C=O) groups excluding carboxylic acids is 3. The molecule has 9 heteroatoms. The second-order valence-corrected chi connectivity index (χ2v) is 8.69. The largest absolute Gasteiger partial charge is 0.452 e. The van der Waals surface area contributed by atoms with Gasteiger partial charge in [0.1, 0.15) is 5.76 Å². The first kappa shape index (κ1) is 22.6. The summed E-state index contributed by atoms with van der Waals surface area (Å²) < 4.78 is 10.4. The van der Waals surface area contributed by atoms with Crippen LogP contribution >= 0.6 is 11.8 Å². The summed E-state index contributed by atoms with van der Waals surface area (Å²) in [5.41, 5.74) is 2.08. The van der Waals surface area contributed by atoms with Crippen molar-refractivity contribution in [1.82, 2.24) is 10.5 Å². The first-order chi connectivity index (χ1) is 16.0. The summed E-state index contributed by atoms with van der Waals surface area (Å²) in [5, 5.41) is 9.41. The van der Waals surface area contributed by atoms with Crippen LogP contribution in [0.25, 0.3) is 0 Å². The van der Waals surface area contributed by atoms with Crippen molar-refractivity contribution >= 4 is 35.2 Å². The highest BCUT2D eigenvalue weighted by atomic mass is 32.2. The minimum atomic E-state index is -0.598. The summed E-state index contributed by atoms with van der Waals surface area (Å²) in [5.74, 6) is -0.0522. The fourth-order valence-corrected chi connectivity index (χ4v) is 3.95. The van der Waals surface area contributed by atoms with Crippen molar-refractivity contribution < 1.29 is 23.6 Å². The number of nitrogens with zero attached hydrogens (tertiary/aromatic N) is 1. The molecule has 2 amide bonds. The molecular formula is C24H23N3O5S. The van der Waals surface area contributed by atoms with Crippen LogP contribution in [0, 0.1) is 6.92 Å². The van der Waals surface area contributed by atoms with Gasteiger partial charge in [0, 0.05) is 28.3 Å². The number of aromatic nitrogens is 1. The Balaban J connectivity index is 1.30. The molecule has 8 nitrogen and oxygen atoms in total.